The Kier molecular flexibility index (Phi) is 3.61. The standard InChI is InChI=1S/C19H14F3N3O/c1-11-17(12-6-2-3-7-13(12)23-11)16(26)10-25-15-9-5-4-8-14(15)24-18(25)19(20,21)22/h2-9,23H,10H2,1H3. The second-order valence-electron chi connectivity index (χ2n) is 6.10. The van der Waals surface area contributed by atoms with Crippen molar-refractivity contribution in [2.24, 2.45) is 0 Å². The minimum Gasteiger partial charge on any atom is -0.358 e. The quantitative estimate of drug-likeness (QED) is 0.539. The number of nitrogens with one attached hydrogen (secondary N) is 1. The summed E-state index contributed by atoms with van der Waals surface area (Å²) in [5.41, 5.74) is 2.31. The summed E-state index contributed by atoms with van der Waals surface area (Å²) in [7, 11) is 0. The van der Waals surface area contributed by atoms with Crippen LogP contribution in [0.3, 0.4) is 0 Å². The number of hydrogen-bond donors (Lipinski definition) is 1. The fourth-order valence-corrected chi connectivity index (χ4v) is 3.31. The summed E-state index contributed by atoms with van der Waals surface area (Å²) in [5.74, 6) is -1.46. The number of alkyl halides is 3. The van der Waals surface area contributed by atoms with Crippen LogP contribution in [0, 0.1) is 6.92 Å². The van der Waals surface area contributed by atoms with Crippen molar-refractivity contribution in [1.82, 2.24) is 14.5 Å². The largest absolute Gasteiger partial charge is 0.449 e. The maximum absolute atomic E-state index is 13.4. The van der Waals surface area contributed by atoms with Crippen LogP contribution in [0.1, 0.15) is 21.9 Å². The van der Waals surface area contributed by atoms with E-state index in [9.17, 15) is 18.0 Å². The van der Waals surface area contributed by atoms with E-state index in [2.05, 4.69) is 9.97 Å². The smallest absolute Gasteiger partial charge is 0.358 e. The van der Waals surface area contributed by atoms with E-state index in [0.717, 1.165) is 10.1 Å². The van der Waals surface area contributed by atoms with Crippen LogP contribution in [-0.4, -0.2) is 20.3 Å². The monoisotopic (exact) mass is 357 g/mol. The molecule has 26 heavy (non-hydrogen) atoms. The molecule has 0 spiro atoms. The zero-order valence-corrected chi connectivity index (χ0v) is 13.8. The molecular formula is C19H14F3N3O. The van der Waals surface area contributed by atoms with Crippen molar-refractivity contribution in [3.8, 4) is 0 Å². The van der Waals surface area contributed by atoms with E-state index in [1.807, 2.05) is 12.1 Å². The number of nitrogens with zero attached hydrogens (tertiary/aromatic N) is 2. The molecular weight excluding hydrogens is 343 g/mol. The van der Waals surface area contributed by atoms with Crippen molar-refractivity contribution >= 4 is 27.7 Å². The molecule has 2 heterocycles. The Morgan fingerprint density at radius 3 is 2.58 bits per heavy atom. The number of imidazole rings is 1. The highest BCUT2D eigenvalue weighted by Gasteiger charge is 2.38. The van der Waals surface area contributed by atoms with Gasteiger partial charge in [-0.2, -0.15) is 13.2 Å². The summed E-state index contributed by atoms with van der Waals surface area (Å²) in [6.07, 6.45) is -4.64. The minimum atomic E-state index is -4.64. The van der Waals surface area contributed by atoms with E-state index >= 15 is 0 Å². The molecule has 0 radical (unpaired) electrons. The maximum Gasteiger partial charge on any atom is 0.449 e. The molecule has 2 aromatic carbocycles. The van der Waals surface area contributed by atoms with Gasteiger partial charge in [0.15, 0.2) is 5.78 Å². The van der Waals surface area contributed by atoms with E-state index in [1.54, 1.807) is 31.2 Å². The van der Waals surface area contributed by atoms with Crippen LogP contribution in [0.2, 0.25) is 0 Å². The molecule has 4 nitrogen and oxygen atoms in total. The molecule has 0 atom stereocenters. The Balaban J connectivity index is 1.84. The zero-order valence-electron chi connectivity index (χ0n) is 13.8. The molecule has 0 aliphatic heterocycles. The van der Waals surface area contributed by atoms with Crippen LogP contribution in [-0.2, 0) is 12.7 Å². The van der Waals surface area contributed by atoms with Gasteiger partial charge >= 0.3 is 6.18 Å². The number of rotatable bonds is 3. The predicted molar refractivity (Wildman–Crippen MR) is 92.1 cm³/mol. The maximum atomic E-state index is 13.4. The molecule has 1 N–H and O–H groups in total. The number of para-hydroxylation sites is 3. The zero-order chi connectivity index (χ0) is 18.5. The molecule has 0 bridgehead atoms. The Bertz CT molecular complexity index is 1140. The number of halogens is 3. The van der Waals surface area contributed by atoms with E-state index < -0.39 is 24.3 Å². The summed E-state index contributed by atoms with van der Waals surface area (Å²) in [6.45, 7) is 1.31. The lowest BCUT2D eigenvalue weighted by molar-refractivity contribution is -0.146. The van der Waals surface area contributed by atoms with Crippen molar-refractivity contribution in [3.05, 3.63) is 65.6 Å². The average Bonchev–Trinajstić information content (AvgIpc) is 3.12. The Labute approximate surface area is 146 Å². The Morgan fingerprint density at radius 2 is 1.81 bits per heavy atom. The predicted octanol–water partition coefficient (Wildman–Crippen LogP) is 4.73. The molecule has 4 aromatic rings. The normalized spacial score (nSPS) is 12.2. The molecule has 0 fully saturated rings. The highest BCUT2D eigenvalue weighted by Crippen LogP contribution is 2.32. The first-order valence-corrected chi connectivity index (χ1v) is 7.99. The van der Waals surface area contributed by atoms with Gasteiger partial charge in [-0.05, 0) is 25.1 Å². The van der Waals surface area contributed by atoms with Crippen molar-refractivity contribution in [2.45, 2.75) is 19.6 Å². The average molecular weight is 357 g/mol. The van der Waals surface area contributed by atoms with Crippen LogP contribution in [0.25, 0.3) is 21.9 Å². The number of fused-ring (bicyclic) bond motifs is 2. The topological polar surface area (TPSA) is 50.7 Å². The third kappa shape index (κ3) is 2.56. The number of carbonyl (C=O) groups is 1. The molecule has 0 aliphatic rings. The molecule has 2 aromatic heterocycles. The fraction of sp³-hybridized carbons (Fsp3) is 0.158. The molecule has 0 amide bonds. The van der Waals surface area contributed by atoms with E-state index in [0.29, 0.717) is 16.6 Å². The third-order valence-corrected chi connectivity index (χ3v) is 4.38. The number of hydrogen-bond acceptors (Lipinski definition) is 2. The van der Waals surface area contributed by atoms with Gasteiger partial charge < -0.3 is 9.55 Å². The van der Waals surface area contributed by atoms with Gasteiger partial charge in [-0.1, -0.05) is 30.3 Å². The van der Waals surface area contributed by atoms with Crippen LogP contribution in [0.5, 0.6) is 0 Å². The molecule has 0 saturated carbocycles. The van der Waals surface area contributed by atoms with Crippen LogP contribution >= 0.6 is 0 Å². The van der Waals surface area contributed by atoms with Gasteiger partial charge in [-0.15, -0.1) is 0 Å². The highest BCUT2D eigenvalue weighted by atomic mass is 19.4. The Hall–Kier alpha value is -3.09. The molecule has 0 unspecified atom stereocenters. The Morgan fingerprint density at radius 1 is 1.12 bits per heavy atom. The molecule has 132 valence electrons. The molecule has 0 saturated heterocycles. The highest BCUT2D eigenvalue weighted by molar-refractivity contribution is 6.09. The van der Waals surface area contributed by atoms with Gasteiger partial charge in [-0.3, -0.25) is 4.79 Å². The summed E-state index contributed by atoms with van der Waals surface area (Å²) in [5, 5.41) is 0.702. The van der Waals surface area contributed by atoms with Gasteiger partial charge in [-0.25, -0.2) is 4.98 Å². The van der Waals surface area contributed by atoms with Crippen LogP contribution in [0.15, 0.2) is 48.5 Å². The van der Waals surface area contributed by atoms with Crippen molar-refractivity contribution in [1.29, 1.82) is 0 Å². The number of benzene rings is 2. The molecule has 4 rings (SSSR count). The van der Waals surface area contributed by atoms with Gasteiger partial charge in [0, 0.05) is 22.2 Å². The fourth-order valence-electron chi connectivity index (χ4n) is 3.31. The summed E-state index contributed by atoms with van der Waals surface area (Å²) >= 11 is 0. The van der Waals surface area contributed by atoms with E-state index in [1.165, 1.54) is 12.1 Å². The first-order valence-electron chi connectivity index (χ1n) is 7.99. The molecule has 7 heteroatoms. The van der Waals surface area contributed by atoms with Gasteiger partial charge in [0.1, 0.15) is 0 Å². The SMILES string of the molecule is Cc1[nH]c2ccccc2c1C(=O)Cn1c(C(F)(F)F)nc2ccccc21. The van der Waals surface area contributed by atoms with Gasteiger partial charge in [0.05, 0.1) is 17.6 Å². The second kappa shape index (κ2) is 5.72. The number of ketones is 1. The summed E-state index contributed by atoms with van der Waals surface area (Å²) in [4.78, 5) is 19.7. The lowest BCUT2D eigenvalue weighted by Gasteiger charge is -2.11. The van der Waals surface area contributed by atoms with E-state index in [-0.39, 0.29) is 11.0 Å². The van der Waals surface area contributed by atoms with Crippen molar-refractivity contribution in [2.75, 3.05) is 0 Å². The lowest BCUT2D eigenvalue weighted by Crippen LogP contribution is -2.19. The van der Waals surface area contributed by atoms with Crippen LogP contribution < -0.4 is 0 Å². The van der Waals surface area contributed by atoms with E-state index in [4.69, 9.17) is 0 Å². The number of aromatic amines is 1. The van der Waals surface area contributed by atoms with Crippen molar-refractivity contribution < 1.29 is 18.0 Å². The number of carbonyl (C=O) groups excluding carboxylic acids is 1. The minimum absolute atomic E-state index is 0.211. The summed E-state index contributed by atoms with van der Waals surface area (Å²) in [6, 6.07) is 13.5. The number of Topliss-reactive ketones (excluding diaryl/α,β-unsaturated/α-hetero) is 1. The van der Waals surface area contributed by atoms with Crippen molar-refractivity contribution in [3.63, 3.8) is 0 Å². The number of aryl methyl sites for hydroxylation is 1. The second-order valence-corrected chi connectivity index (χ2v) is 6.10. The number of H-pyrrole nitrogens is 1. The lowest BCUT2D eigenvalue weighted by atomic mass is 10.1. The van der Waals surface area contributed by atoms with Crippen LogP contribution in [0.4, 0.5) is 13.2 Å². The third-order valence-electron chi connectivity index (χ3n) is 4.38. The molecule has 0 aliphatic carbocycles. The number of aromatic nitrogens is 3. The van der Waals surface area contributed by atoms with Gasteiger partial charge in [0.25, 0.3) is 0 Å². The first kappa shape index (κ1) is 16.4. The first-order chi connectivity index (χ1) is 12.4. The summed E-state index contributed by atoms with van der Waals surface area (Å²) < 4.78 is 41.2. The van der Waals surface area contributed by atoms with Gasteiger partial charge in [0.2, 0.25) is 5.82 Å².